The SMILES string of the molecule is C1C[CH2][AlH][CH2]C1.O.[Ca+2].[H-].[H-]. The molecule has 0 atom stereocenters. The Balaban J connectivity index is -0.0000000450. The fraction of sp³-hybridized carbons (Fsp3) is 1.00. The van der Waals surface area contributed by atoms with Crippen LogP contribution in [0.25, 0.3) is 0 Å². The molecule has 2 N–H and O–H groups in total. The van der Waals surface area contributed by atoms with Crippen LogP contribution in [0.2, 0.25) is 10.6 Å². The first-order chi connectivity index (χ1) is 3.00. The van der Waals surface area contributed by atoms with E-state index < -0.39 is 0 Å². The van der Waals surface area contributed by atoms with E-state index in [0.29, 0.717) is 15.2 Å². The summed E-state index contributed by atoms with van der Waals surface area (Å²) >= 11 is 0.508. The maximum atomic E-state index is 1.64. The van der Waals surface area contributed by atoms with Crippen LogP contribution in [0.4, 0.5) is 0 Å². The summed E-state index contributed by atoms with van der Waals surface area (Å²) in [5.41, 5.74) is 0. The molecule has 46 valence electrons. The molecule has 0 unspecified atom stereocenters. The Kier molecular flexibility index (Phi) is 13.6. The van der Waals surface area contributed by atoms with Crippen molar-refractivity contribution in [2.75, 3.05) is 0 Å². The van der Waals surface area contributed by atoms with E-state index in [1.165, 1.54) is 6.42 Å². The number of hydrogen-bond donors (Lipinski definition) is 0. The normalized spacial score (nSPS) is 17.0. The second kappa shape index (κ2) is 8.75. The number of rotatable bonds is 0. The van der Waals surface area contributed by atoms with Gasteiger partial charge in [-0.3, -0.25) is 0 Å². The van der Waals surface area contributed by atoms with Gasteiger partial charge in [0, 0.05) is 0 Å². The van der Waals surface area contributed by atoms with E-state index in [9.17, 15) is 0 Å². The average Bonchev–Trinajstić information content (AvgIpc) is 1.72. The molecule has 8 heavy (non-hydrogen) atoms. The molecule has 1 heterocycles. The van der Waals surface area contributed by atoms with E-state index in [1.54, 1.807) is 23.4 Å². The Bertz CT molecular complexity index is 35.1. The van der Waals surface area contributed by atoms with Crippen molar-refractivity contribution in [3.05, 3.63) is 0 Å². The summed E-state index contributed by atoms with van der Waals surface area (Å²) in [6.45, 7) is 0. The van der Waals surface area contributed by atoms with Crippen LogP contribution in [0, 0.1) is 0 Å². The van der Waals surface area contributed by atoms with Crippen LogP contribution in [-0.2, 0) is 0 Å². The summed E-state index contributed by atoms with van der Waals surface area (Å²) in [7, 11) is 0. The van der Waals surface area contributed by atoms with E-state index in [2.05, 4.69) is 0 Å². The minimum absolute atomic E-state index is 0. The molecule has 1 fully saturated rings. The van der Waals surface area contributed by atoms with E-state index in [-0.39, 0.29) is 46.1 Å². The van der Waals surface area contributed by atoms with Gasteiger partial charge in [0.15, 0.2) is 0 Å². The summed E-state index contributed by atoms with van der Waals surface area (Å²) < 4.78 is 0. The zero-order chi connectivity index (χ0) is 4.24. The van der Waals surface area contributed by atoms with Crippen LogP contribution in [-0.4, -0.2) is 58.4 Å². The van der Waals surface area contributed by atoms with Crippen LogP contribution in [0.3, 0.4) is 0 Å². The van der Waals surface area contributed by atoms with Crippen LogP contribution in [0.15, 0.2) is 0 Å². The molecule has 0 aromatic carbocycles. The third-order valence-corrected chi connectivity index (χ3v) is 3.50. The minimum Gasteiger partial charge on any atom is -1.00 e. The molecule has 0 bridgehead atoms. The Morgan fingerprint density at radius 3 is 1.62 bits per heavy atom. The third-order valence-electron chi connectivity index (χ3n) is 1.50. The Morgan fingerprint density at radius 1 is 1.00 bits per heavy atom. The Hall–Kier alpha value is 1.75. The molecular weight excluding hydrogens is 143 g/mol. The van der Waals surface area contributed by atoms with Gasteiger partial charge in [0.25, 0.3) is 0 Å². The maximum Gasteiger partial charge on any atom is 2.00 e. The smallest absolute Gasteiger partial charge is 1.00 e. The predicted octanol–water partition coefficient (Wildman–Crippen LogP) is 0.463. The van der Waals surface area contributed by atoms with Crippen molar-refractivity contribution in [2.24, 2.45) is 0 Å². The van der Waals surface area contributed by atoms with Gasteiger partial charge in [-0.25, -0.2) is 0 Å². The molecule has 1 aliphatic rings. The van der Waals surface area contributed by atoms with Gasteiger partial charge in [0.05, 0.1) is 0 Å². The van der Waals surface area contributed by atoms with Gasteiger partial charge in [-0.05, 0) is 0 Å². The summed E-state index contributed by atoms with van der Waals surface area (Å²) in [6, 6.07) is 0. The van der Waals surface area contributed by atoms with Gasteiger partial charge in [-0.15, -0.1) is 0 Å². The second-order valence-electron chi connectivity index (χ2n) is 2.12. The van der Waals surface area contributed by atoms with Gasteiger partial charge in [-0.1, -0.05) is 29.8 Å². The molecule has 1 saturated heterocycles. The maximum absolute atomic E-state index is 1.64. The topological polar surface area (TPSA) is 31.5 Å². The minimum atomic E-state index is 0. The summed E-state index contributed by atoms with van der Waals surface area (Å²) in [4.78, 5) is 0. The largest absolute Gasteiger partial charge is 2.00 e. The summed E-state index contributed by atoms with van der Waals surface area (Å²) in [5, 5.41) is 3.28. The summed E-state index contributed by atoms with van der Waals surface area (Å²) in [5.74, 6) is 0. The summed E-state index contributed by atoms with van der Waals surface area (Å²) in [6.07, 6.45) is 4.66. The van der Waals surface area contributed by atoms with E-state index >= 15 is 0 Å². The molecule has 1 nitrogen and oxygen atoms in total. The zero-order valence-corrected chi connectivity index (χ0v) is 9.07. The Labute approximate surface area is 90.2 Å². The first-order valence-electron chi connectivity index (χ1n) is 3.00. The molecule has 1 rings (SSSR count). The second-order valence-corrected chi connectivity index (χ2v) is 4.24. The molecule has 3 heteroatoms. The third kappa shape index (κ3) is 5.88. The molecule has 0 aromatic rings. The molecule has 0 aromatic heterocycles. The van der Waals surface area contributed by atoms with Crippen molar-refractivity contribution in [1.82, 2.24) is 0 Å². The standard InChI is InChI=1S/C5H10.Al.Ca.H2O.3H/c1-3-5-4-2;;;;;;/h1-5H2;;;1H2;;;/q;;+2;;;2*-1. The average molecular weight is 158 g/mol. The zero-order valence-electron chi connectivity index (χ0n) is 7.45. The Morgan fingerprint density at radius 2 is 1.50 bits per heavy atom. The van der Waals surface area contributed by atoms with E-state index in [0.717, 1.165) is 0 Å². The quantitative estimate of drug-likeness (QED) is 0.459. The van der Waals surface area contributed by atoms with Crippen LogP contribution < -0.4 is 0 Å². The van der Waals surface area contributed by atoms with Crippen LogP contribution in [0.5, 0.6) is 0 Å². The van der Waals surface area contributed by atoms with E-state index in [1.807, 2.05) is 0 Å². The number of hydrogen-bond acceptors (Lipinski definition) is 0. The molecular formula is C5H15AlCaO. The van der Waals surface area contributed by atoms with Gasteiger partial charge in [0.1, 0.15) is 0 Å². The van der Waals surface area contributed by atoms with Crippen molar-refractivity contribution in [2.45, 2.75) is 29.8 Å². The molecule has 0 amide bonds. The van der Waals surface area contributed by atoms with Gasteiger partial charge in [0.2, 0.25) is 15.2 Å². The first kappa shape index (κ1) is 12.4. The predicted molar refractivity (Wildman–Crippen MR) is 42.2 cm³/mol. The van der Waals surface area contributed by atoms with Crippen molar-refractivity contribution >= 4 is 53.0 Å². The molecule has 0 radical (unpaired) electrons. The molecule has 0 aliphatic carbocycles. The monoisotopic (exact) mass is 158 g/mol. The van der Waals surface area contributed by atoms with E-state index in [4.69, 9.17) is 0 Å². The van der Waals surface area contributed by atoms with Crippen molar-refractivity contribution in [1.29, 1.82) is 0 Å². The van der Waals surface area contributed by atoms with Gasteiger partial charge >= 0.3 is 37.7 Å². The van der Waals surface area contributed by atoms with Crippen LogP contribution >= 0.6 is 0 Å². The fourth-order valence-electron chi connectivity index (χ4n) is 1.06. The first-order valence-corrected chi connectivity index (χ1v) is 5.00. The van der Waals surface area contributed by atoms with Crippen molar-refractivity contribution in [3.63, 3.8) is 0 Å². The molecule has 0 spiro atoms. The molecule has 0 saturated carbocycles. The van der Waals surface area contributed by atoms with Gasteiger partial charge in [-0.2, -0.15) is 0 Å². The van der Waals surface area contributed by atoms with Gasteiger partial charge < -0.3 is 8.33 Å². The molecule has 1 aliphatic heterocycles. The fourth-order valence-corrected chi connectivity index (χ4v) is 2.83. The van der Waals surface area contributed by atoms with Crippen LogP contribution in [0.1, 0.15) is 22.1 Å². The van der Waals surface area contributed by atoms with Crippen molar-refractivity contribution < 1.29 is 8.33 Å². The van der Waals surface area contributed by atoms with Crippen molar-refractivity contribution in [3.8, 4) is 0 Å².